The number of ether oxygens (including phenoxy) is 1. The Bertz CT molecular complexity index is 127. The molecule has 2 N–H and O–H groups in total. The van der Waals surface area contributed by atoms with Crippen molar-refractivity contribution in [2.75, 3.05) is 6.61 Å². The van der Waals surface area contributed by atoms with Crippen LogP contribution in [-0.4, -0.2) is 12.6 Å². The van der Waals surface area contributed by atoms with Crippen LogP contribution in [0.4, 0.5) is 0 Å². The Kier molecular flexibility index (Phi) is 4.67. The molecule has 0 aromatic heterocycles. The molecule has 0 aliphatic rings. The van der Waals surface area contributed by atoms with E-state index in [1.165, 1.54) is 0 Å². The third kappa shape index (κ3) is 3.30. The van der Waals surface area contributed by atoms with Crippen molar-refractivity contribution in [1.82, 2.24) is 0 Å². The number of rotatable bonds is 4. The SMILES string of the molecule is C=C/C=C(/OCC)C(C)N. The molecule has 2 nitrogen and oxygen atoms in total. The molecule has 10 heavy (non-hydrogen) atoms. The first-order valence-electron chi connectivity index (χ1n) is 3.43. The fourth-order valence-corrected chi connectivity index (χ4v) is 0.614. The Morgan fingerprint density at radius 2 is 2.40 bits per heavy atom. The van der Waals surface area contributed by atoms with Gasteiger partial charge in [0.25, 0.3) is 0 Å². The molecule has 0 heterocycles. The molecule has 1 atom stereocenters. The molecule has 0 aliphatic heterocycles. The van der Waals surface area contributed by atoms with E-state index in [1.54, 1.807) is 12.2 Å². The lowest BCUT2D eigenvalue weighted by atomic mass is 10.3. The highest BCUT2D eigenvalue weighted by atomic mass is 16.5. The Balaban J connectivity index is 3.97. The zero-order chi connectivity index (χ0) is 7.98. The maximum absolute atomic E-state index is 5.57. The quantitative estimate of drug-likeness (QED) is 0.475. The van der Waals surface area contributed by atoms with Crippen molar-refractivity contribution in [2.24, 2.45) is 5.73 Å². The van der Waals surface area contributed by atoms with E-state index in [2.05, 4.69) is 6.58 Å². The van der Waals surface area contributed by atoms with Crippen LogP contribution in [0.25, 0.3) is 0 Å². The zero-order valence-corrected chi connectivity index (χ0v) is 6.63. The standard InChI is InChI=1S/C8H15NO/c1-4-6-8(7(3)9)10-5-2/h4,6-7H,1,5,9H2,2-3H3/b8-6+. The van der Waals surface area contributed by atoms with E-state index < -0.39 is 0 Å². The van der Waals surface area contributed by atoms with Crippen molar-refractivity contribution in [3.05, 3.63) is 24.5 Å². The summed E-state index contributed by atoms with van der Waals surface area (Å²) in [4.78, 5) is 0. The van der Waals surface area contributed by atoms with Gasteiger partial charge in [-0.05, 0) is 19.9 Å². The molecular weight excluding hydrogens is 126 g/mol. The van der Waals surface area contributed by atoms with E-state index in [9.17, 15) is 0 Å². The topological polar surface area (TPSA) is 35.2 Å². The summed E-state index contributed by atoms with van der Waals surface area (Å²) >= 11 is 0. The minimum Gasteiger partial charge on any atom is -0.497 e. The maximum Gasteiger partial charge on any atom is 0.112 e. The van der Waals surface area contributed by atoms with E-state index >= 15 is 0 Å². The minimum absolute atomic E-state index is 0.0436. The molecule has 1 unspecified atom stereocenters. The minimum atomic E-state index is -0.0436. The van der Waals surface area contributed by atoms with Crippen LogP contribution in [0.2, 0.25) is 0 Å². The lowest BCUT2D eigenvalue weighted by Crippen LogP contribution is -2.19. The van der Waals surface area contributed by atoms with Crippen molar-refractivity contribution in [3.63, 3.8) is 0 Å². The number of allylic oxidation sites excluding steroid dienone is 2. The Morgan fingerprint density at radius 3 is 2.70 bits per heavy atom. The summed E-state index contributed by atoms with van der Waals surface area (Å²) in [5, 5.41) is 0. The highest BCUT2D eigenvalue weighted by Gasteiger charge is 2.00. The average Bonchev–Trinajstić information content (AvgIpc) is 1.87. The molecule has 0 aliphatic carbocycles. The lowest BCUT2D eigenvalue weighted by molar-refractivity contribution is 0.212. The van der Waals surface area contributed by atoms with Crippen LogP contribution in [0, 0.1) is 0 Å². The number of hydrogen-bond donors (Lipinski definition) is 1. The fourth-order valence-electron chi connectivity index (χ4n) is 0.614. The summed E-state index contributed by atoms with van der Waals surface area (Å²) in [5.74, 6) is 0.789. The predicted molar refractivity (Wildman–Crippen MR) is 43.6 cm³/mol. The van der Waals surface area contributed by atoms with Gasteiger partial charge in [0.2, 0.25) is 0 Å². The van der Waals surface area contributed by atoms with Gasteiger partial charge in [-0.25, -0.2) is 0 Å². The summed E-state index contributed by atoms with van der Waals surface area (Å²) in [6, 6.07) is -0.0436. The second kappa shape index (κ2) is 5.06. The molecule has 0 fully saturated rings. The Morgan fingerprint density at radius 1 is 1.80 bits per heavy atom. The van der Waals surface area contributed by atoms with Crippen LogP contribution in [0.3, 0.4) is 0 Å². The number of hydrogen-bond acceptors (Lipinski definition) is 2. The fraction of sp³-hybridized carbons (Fsp3) is 0.500. The van der Waals surface area contributed by atoms with Gasteiger partial charge in [0.15, 0.2) is 0 Å². The van der Waals surface area contributed by atoms with E-state index in [-0.39, 0.29) is 6.04 Å². The van der Waals surface area contributed by atoms with E-state index in [4.69, 9.17) is 10.5 Å². The van der Waals surface area contributed by atoms with Crippen LogP contribution in [0.5, 0.6) is 0 Å². The first-order chi connectivity index (χ1) is 4.72. The van der Waals surface area contributed by atoms with Gasteiger partial charge in [-0.15, -0.1) is 0 Å². The van der Waals surface area contributed by atoms with E-state index in [0.717, 1.165) is 5.76 Å². The van der Waals surface area contributed by atoms with Gasteiger partial charge >= 0.3 is 0 Å². The van der Waals surface area contributed by atoms with Crippen molar-refractivity contribution in [1.29, 1.82) is 0 Å². The molecule has 0 amide bonds. The van der Waals surface area contributed by atoms with Crippen LogP contribution in [0.15, 0.2) is 24.5 Å². The normalized spacial score (nSPS) is 14.5. The average molecular weight is 141 g/mol. The molecule has 0 saturated heterocycles. The lowest BCUT2D eigenvalue weighted by Gasteiger charge is -2.10. The second-order valence-electron chi connectivity index (χ2n) is 2.03. The highest BCUT2D eigenvalue weighted by molar-refractivity contribution is 5.08. The zero-order valence-electron chi connectivity index (χ0n) is 6.63. The summed E-state index contributed by atoms with van der Waals surface area (Å²) in [7, 11) is 0. The van der Waals surface area contributed by atoms with Crippen LogP contribution in [0.1, 0.15) is 13.8 Å². The smallest absolute Gasteiger partial charge is 0.112 e. The molecule has 0 spiro atoms. The van der Waals surface area contributed by atoms with Crippen molar-refractivity contribution in [2.45, 2.75) is 19.9 Å². The third-order valence-corrected chi connectivity index (χ3v) is 1.04. The second-order valence-corrected chi connectivity index (χ2v) is 2.03. The van der Waals surface area contributed by atoms with Gasteiger partial charge in [0.05, 0.1) is 12.6 Å². The van der Waals surface area contributed by atoms with Crippen LogP contribution >= 0.6 is 0 Å². The van der Waals surface area contributed by atoms with Gasteiger partial charge in [-0.3, -0.25) is 0 Å². The van der Waals surface area contributed by atoms with Crippen molar-refractivity contribution >= 4 is 0 Å². The van der Waals surface area contributed by atoms with E-state index in [0.29, 0.717) is 6.61 Å². The molecule has 0 aromatic carbocycles. The summed E-state index contributed by atoms with van der Waals surface area (Å²) < 4.78 is 5.21. The molecule has 0 bridgehead atoms. The summed E-state index contributed by atoms with van der Waals surface area (Å²) in [6.07, 6.45) is 3.46. The van der Waals surface area contributed by atoms with Gasteiger partial charge in [0.1, 0.15) is 5.76 Å². The molecule has 0 aromatic rings. The van der Waals surface area contributed by atoms with E-state index in [1.807, 2.05) is 13.8 Å². The molecular formula is C8H15NO. The highest BCUT2D eigenvalue weighted by Crippen LogP contribution is 2.00. The summed E-state index contributed by atoms with van der Waals surface area (Å²) in [6.45, 7) is 8.02. The summed E-state index contributed by atoms with van der Waals surface area (Å²) in [5.41, 5.74) is 5.57. The maximum atomic E-state index is 5.57. The van der Waals surface area contributed by atoms with Gasteiger partial charge < -0.3 is 10.5 Å². The molecule has 0 radical (unpaired) electrons. The molecule has 0 saturated carbocycles. The Hall–Kier alpha value is -0.760. The van der Waals surface area contributed by atoms with Gasteiger partial charge in [-0.1, -0.05) is 12.7 Å². The molecule has 0 rings (SSSR count). The largest absolute Gasteiger partial charge is 0.497 e. The van der Waals surface area contributed by atoms with Crippen LogP contribution < -0.4 is 5.73 Å². The molecule has 2 heteroatoms. The van der Waals surface area contributed by atoms with Gasteiger partial charge in [-0.2, -0.15) is 0 Å². The van der Waals surface area contributed by atoms with Gasteiger partial charge in [0, 0.05) is 0 Å². The number of nitrogens with two attached hydrogens (primary N) is 1. The third-order valence-electron chi connectivity index (χ3n) is 1.04. The first-order valence-corrected chi connectivity index (χ1v) is 3.43. The Labute approximate surface area is 62.4 Å². The predicted octanol–water partition coefficient (Wildman–Crippen LogP) is 1.44. The van der Waals surface area contributed by atoms with Crippen molar-refractivity contribution < 1.29 is 4.74 Å². The van der Waals surface area contributed by atoms with Crippen molar-refractivity contribution in [3.8, 4) is 0 Å². The monoisotopic (exact) mass is 141 g/mol. The first kappa shape index (κ1) is 9.24. The van der Waals surface area contributed by atoms with Crippen LogP contribution in [-0.2, 0) is 4.74 Å². The molecule has 58 valence electrons.